The Kier molecular flexibility index (Phi) is 8.34. The predicted octanol–water partition coefficient (Wildman–Crippen LogP) is 1.91. The van der Waals surface area contributed by atoms with E-state index in [-0.39, 0.29) is 18.3 Å². The highest BCUT2D eigenvalue weighted by molar-refractivity contribution is 5.86. The molecule has 6 nitrogen and oxygen atoms in total. The third-order valence-corrected chi connectivity index (χ3v) is 4.58. The first-order chi connectivity index (χ1) is 12.6. The summed E-state index contributed by atoms with van der Waals surface area (Å²) in [6, 6.07) is 4.98. The monoisotopic (exact) mass is 364 g/mol. The van der Waals surface area contributed by atoms with Gasteiger partial charge in [0.2, 0.25) is 5.91 Å². The molecular formula is C19H29FN4O2. The minimum atomic E-state index is -0.546. The van der Waals surface area contributed by atoms with Crippen molar-refractivity contribution in [2.24, 2.45) is 5.92 Å². The molecule has 144 valence electrons. The molecule has 2 rings (SSSR count). The summed E-state index contributed by atoms with van der Waals surface area (Å²) in [4.78, 5) is 24.4. The predicted molar refractivity (Wildman–Crippen MR) is 99.1 cm³/mol. The number of nitrogens with one attached hydrogen (secondary N) is 4. The molecule has 1 aromatic carbocycles. The lowest BCUT2D eigenvalue weighted by molar-refractivity contribution is -0.123. The summed E-state index contributed by atoms with van der Waals surface area (Å²) in [6.07, 6.45) is 3.48. The fourth-order valence-corrected chi connectivity index (χ4v) is 3.03. The van der Waals surface area contributed by atoms with E-state index in [2.05, 4.69) is 21.3 Å². The minimum Gasteiger partial charge on any atom is -0.354 e. The van der Waals surface area contributed by atoms with Gasteiger partial charge in [-0.1, -0.05) is 25.5 Å². The second-order valence-corrected chi connectivity index (χ2v) is 6.73. The van der Waals surface area contributed by atoms with Crippen LogP contribution in [0.2, 0.25) is 0 Å². The molecule has 0 saturated carbocycles. The fourth-order valence-electron chi connectivity index (χ4n) is 3.03. The van der Waals surface area contributed by atoms with E-state index in [0.29, 0.717) is 18.9 Å². The first-order valence-electron chi connectivity index (χ1n) is 9.35. The van der Waals surface area contributed by atoms with E-state index in [0.717, 1.165) is 37.9 Å². The summed E-state index contributed by atoms with van der Waals surface area (Å²) >= 11 is 0. The van der Waals surface area contributed by atoms with Crippen molar-refractivity contribution in [2.45, 2.75) is 45.2 Å². The van der Waals surface area contributed by atoms with Crippen LogP contribution in [-0.4, -0.2) is 37.6 Å². The number of rotatable bonds is 9. The Bertz CT molecular complexity index is 573. The van der Waals surface area contributed by atoms with Crippen molar-refractivity contribution >= 4 is 11.9 Å². The average Bonchev–Trinajstić information content (AvgIpc) is 3.14. The van der Waals surface area contributed by atoms with Crippen molar-refractivity contribution < 1.29 is 14.0 Å². The summed E-state index contributed by atoms with van der Waals surface area (Å²) in [5, 5.41) is 11.7. The SMILES string of the molecule is CCCC(NC(=O)NCc1ccc(F)cc1)C(=O)NCCC1CCNC1. The Balaban J connectivity index is 1.72. The van der Waals surface area contributed by atoms with Crippen molar-refractivity contribution in [1.82, 2.24) is 21.3 Å². The van der Waals surface area contributed by atoms with Gasteiger partial charge in [-0.25, -0.2) is 9.18 Å². The second-order valence-electron chi connectivity index (χ2n) is 6.73. The van der Waals surface area contributed by atoms with E-state index in [1.165, 1.54) is 12.1 Å². The maximum Gasteiger partial charge on any atom is 0.315 e. The van der Waals surface area contributed by atoms with Crippen LogP contribution in [0.25, 0.3) is 0 Å². The molecule has 1 aliphatic rings. The highest BCUT2D eigenvalue weighted by Crippen LogP contribution is 2.10. The molecule has 4 N–H and O–H groups in total. The van der Waals surface area contributed by atoms with Crippen LogP contribution < -0.4 is 21.3 Å². The van der Waals surface area contributed by atoms with Crippen molar-refractivity contribution in [3.8, 4) is 0 Å². The Labute approximate surface area is 154 Å². The third kappa shape index (κ3) is 7.00. The number of benzene rings is 1. The molecule has 7 heteroatoms. The Morgan fingerprint density at radius 2 is 2.04 bits per heavy atom. The number of hydrogen-bond acceptors (Lipinski definition) is 3. The highest BCUT2D eigenvalue weighted by Gasteiger charge is 2.20. The fraction of sp³-hybridized carbons (Fsp3) is 0.579. The number of carbonyl (C=O) groups is 2. The van der Waals surface area contributed by atoms with E-state index in [1.807, 2.05) is 6.92 Å². The molecule has 0 bridgehead atoms. The molecule has 0 aromatic heterocycles. The Hall–Kier alpha value is -2.15. The normalized spacial score (nSPS) is 17.5. The summed E-state index contributed by atoms with van der Waals surface area (Å²) in [5.74, 6) is 0.160. The molecule has 26 heavy (non-hydrogen) atoms. The van der Waals surface area contributed by atoms with E-state index >= 15 is 0 Å². The van der Waals surface area contributed by atoms with Gasteiger partial charge in [-0.3, -0.25) is 4.79 Å². The Morgan fingerprint density at radius 1 is 1.27 bits per heavy atom. The van der Waals surface area contributed by atoms with Gasteiger partial charge in [0.1, 0.15) is 11.9 Å². The smallest absolute Gasteiger partial charge is 0.315 e. The quantitative estimate of drug-likeness (QED) is 0.540. The van der Waals surface area contributed by atoms with E-state index < -0.39 is 12.1 Å². The van der Waals surface area contributed by atoms with Gasteiger partial charge in [0.25, 0.3) is 0 Å². The van der Waals surface area contributed by atoms with Gasteiger partial charge in [-0.05, 0) is 56.0 Å². The maximum absolute atomic E-state index is 12.9. The van der Waals surface area contributed by atoms with E-state index in [1.54, 1.807) is 12.1 Å². The van der Waals surface area contributed by atoms with Crippen LogP contribution in [0.4, 0.5) is 9.18 Å². The molecule has 0 radical (unpaired) electrons. The lowest BCUT2D eigenvalue weighted by atomic mass is 10.1. The average molecular weight is 364 g/mol. The largest absolute Gasteiger partial charge is 0.354 e. The van der Waals surface area contributed by atoms with Gasteiger partial charge in [-0.2, -0.15) is 0 Å². The van der Waals surface area contributed by atoms with E-state index in [4.69, 9.17) is 0 Å². The van der Waals surface area contributed by atoms with Crippen molar-refractivity contribution in [3.63, 3.8) is 0 Å². The molecule has 3 amide bonds. The van der Waals surface area contributed by atoms with Crippen LogP contribution in [0.1, 0.15) is 38.2 Å². The molecule has 0 spiro atoms. The molecule has 1 fully saturated rings. The number of halogens is 1. The number of carbonyl (C=O) groups excluding carboxylic acids is 2. The van der Waals surface area contributed by atoms with Crippen molar-refractivity contribution in [2.75, 3.05) is 19.6 Å². The van der Waals surface area contributed by atoms with Crippen LogP contribution in [0.3, 0.4) is 0 Å². The molecular weight excluding hydrogens is 335 g/mol. The molecule has 0 aliphatic carbocycles. The molecule has 1 heterocycles. The zero-order chi connectivity index (χ0) is 18.8. The summed E-state index contributed by atoms with van der Waals surface area (Å²) < 4.78 is 12.9. The van der Waals surface area contributed by atoms with Crippen LogP contribution in [0, 0.1) is 11.7 Å². The molecule has 2 unspecified atom stereocenters. The van der Waals surface area contributed by atoms with Crippen LogP contribution in [0.5, 0.6) is 0 Å². The van der Waals surface area contributed by atoms with Gasteiger partial charge in [0.15, 0.2) is 0 Å². The second kappa shape index (κ2) is 10.8. The maximum atomic E-state index is 12.9. The zero-order valence-electron chi connectivity index (χ0n) is 15.3. The van der Waals surface area contributed by atoms with Crippen LogP contribution in [0.15, 0.2) is 24.3 Å². The van der Waals surface area contributed by atoms with Crippen molar-refractivity contribution in [1.29, 1.82) is 0 Å². The summed E-state index contributed by atoms with van der Waals surface area (Å²) in [7, 11) is 0. The van der Waals surface area contributed by atoms with Gasteiger partial charge < -0.3 is 21.3 Å². The zero-order valence-corrected chi connectivity index (χ0v) is 15.3. The topological polar surface area (TPSA) is 82.3 Å². The van der Waals surface area contributed by atoms with Gasteiger partial charge >= 0.3 is 6.03 Å². The lowest BCUT2D eigenvalue weighted by Gasteiger charge is -2.19. The first-order valence-corrected chi connectivity index (χ1v) is 9.35. The van der Waals surface area contributed by atoms with Crippen LogP contribution in [-0.2, 0) is 11.3 Å². The molecule has 1 saturated heterocycles. The Morgan fingerprint density at radius 3 is 2.69 bits per heavy atom. The minimum absolute atomic E-state index is 0.144. The summed E-state index contributed by atoms with van der Waals surface area (Å²) in [5.41, 5.74) is 0.795. The standard InChI is InChI=1S/C19H29FN4O2/c1-2-3-17(18(25)22-11-9-15-8-10-21-12-15)24-19(26)23-13-14-4-6-16(20)7-5-14/h4-7,15,17,21H,2-3,8-13H2,1H3,(H,22,25)(H2,23,24,26). The number of hydrogen-bond donors (Lipinski definition) is 4. The molecule has 1 aliphatic heterocycles. The number of urea groups is 1. The van der Waals surface area contributed by atoms with Gasteiger partial charge in [-0.15, -0.1) is 0 Å². The number of amides is 3. The van der Waals surface area contributed by atoms with E-state index in [9.17, 15) is 14.0 Å². The summed E-state index contributed by atoms with van der Waals surface area (Å²) in [6.45, 7) is 4.94. The van der Waals surface area contributed by atoms with Crippen LogP contribution >= 0.6 is 0 Å². The highest BCUT2D eigenvalue weighted by atomic mass is 19.1. The van der Waals surface area contributed by atoms with Crippen molar-refractivity contribution in [3.05, 3.63) is 35.6 Å². The third-order valence-electron chi connectivity index (χ3n) is 4.58. The molecule has 2 atom stereocenters. The molecule has 1 aromatic rings. The lowest BCUT2D eigenvalue weighted by Crippen LogP contribution is -2.50. The van der Waals surface area contributed by atoms with Gasteiger partial charge in [0.05, 0.1) is 0 Å². The van der Waals surface area contributed by atoms with Gasteiger partial charge in [0, 0.05) is 13.1 Å². The first kappa shape index (κ1) is 20.2.